The van der Waals surface area contributed by atoms with Gasteiger partial charge in [0.25, 0.3) is 5.91 Å². The summed E-state index contributed by atoms with van der Waals surface area (Å²) in [5.74, 6) is 0.752. The Balaban J connectivity index is 1.73. The highest BCUT2D eigenvalue weighted by Crippen LogP contribution is 2.26. The Bertz CT molecular complexity index is 801. The molecule has 0 spiro atoms. The van der Waals surface area contributed by atoms with Crippen molar-refractivity contribution < 1.29 is 9.53 Å². The number of rotatable bonds is 3. The lowest BCUT2D eigenvalue weighted by molar-refractivity contribution is -0.126. The molecule has 114 valence electrons. The van der Waals surface area contributed by atoms with E-state index in [1.807, 2.05) is 42.5 Å². The molecule has 3 rings (SSSR count). The molecule has 0 bridgehead atoms. The summed E-state index contributed by atoms with van der Waals surface area (Å²) in [6.07, 6.45) is 1.89. The van der Waals surface area contributed by atoms with E-state index in [-0.39, 0.29) is 12.5 Å². The lowest BCUT2D eigenvalue weighted by Crippen LogP contribution is -2.30. The summed E-state index contributed by atoms with van der Waals surface area (Å²) in [6, 6.07) is 17.0. The van der Waals surface area contributed by atoms with Crippen molar-refractivity contribution in [3.63, 3.8) is 0 Å². The summed E-state index contributed by atoms with van der Waals surface area (Å²) in [7, 11) is 1.77. The Kier molecular flexibility index (Phi) is 4.11. The summed E-state index contributed by atoms with van der Waals surface area (Å²) in [6.45, 7) is 0.775. The van der Waals surface area contributed by atoms with E-state index >= 15 is 0 Å². The Hall–Kier alpha value is -3.06. The normalized spacial score (nSPS) is 12.4. The number of nitrogens with zero attached hydrogens (tertiary/aromatic N) is 2. The van der Waals surface area contributed by atoms with Gasteiger partial charge in [-0.25, -0.2) is 0 Å². The molecule has 4 nitrogen and oxygen atoms in total. The van der Waals surface area contributed by atoms with Gasteiger partial charge < -0.3 is 9.64 Å². The van der Waals surface area contributed by atoms with Crippen LogP contribution < -0.4 is 4.74 Å². The number of hydrogen-bond acceptors (Lipinski definition) is 3. The molecule has 0 fully saturated rings. The molecule has 0 saturated carbocycles. The Morgan fingerprint density at radius 1 is 1.22 bits per heavy atom. The maximum Gasteiger partial charge on any atom is 0.253 e. The van der Waals surface area contributed by atoms with Gasteiger partial charge in [0.05, 0.1) is 17.2 Å². The number of ether oxygens (including phenoxy) is 1. The smallest absolute Gasteiger partial charge is 0.253 e. The van der Waals surface area contributed by atoms with Gasteiger partial charge in [-0.15, -0.1) is 0 Å². The van der Waals surface area contributed by atoms with Gasteiger partial charge in [0.15, 0.2) is 0 Å². The van der Waals surface area contributed by atoms with E-state index in [2.05, 4.69) is 6.07 Å². The molecule has 0 aliphatic carbocycles. The number of para-hydroxylation sites is 1. The molecule has 0 aromatic heterocycles. The van der Waals surface area contributed by atoms with Gasteiger partial charge in [-0.3, -0.25) is 4.79 Å². The minimum Gasteiger partial charge on any atom is -0.488 e. The number of carbonyl (C=O) groups is 1. The molecule has 0 N–H and O–H groups in total. The molecule has 2 aromatic rings. The maximum atomic E-state index is 12.6. The van der Waals surface area contributed by atoms with Crippen molar-refractivity contribution in [1.82, 2.24) is 4.90 Å². The first kappa shape index (κ1) is 14.9. The molecule has 1 aliphatic heterocycles. The van der Waals surface area contributed by atoms with E-state index in [0.717, 1.165) is 16.9 Å². The van der Waals surface area contributed by atoms with Gasteiger partial charge in [0, 0.05) is 19.2 Å². The second-order valence-electron chi connectivity index (χ2n) is 5.47. The fourth-order valence-corrected chi connectivity index (χ4v) is 2.52. The highest BCUT2D eigenvalue weighted by Gasteiger charge is 2.20. The van der Waals surface area contributed by atoms with Crippen LogP contribution in [-0.2, 0) is 11.3 Å². The number of carbonyl (C=O) groups excluding carboxylic acids is 1. The third-order valence-electron chi connectivity index (χ3n) is 3.76. The van der Waals surface area contributed by atoms with Crippen molar-refractivity contribution >= 4 is 12.0 Å². The van der Waals surface area contributed by atoms with Crippen molar-refractivity contribution in [3.05, 3.63) is 70.8 Å². The number of hydrogen-bond donors (Lipinski definition) is 0. The van der Waals surface area contributed by atoms with Crippen LogP contribution >= 0.6 is 0 Å². The van der Waals surface area contributed by atoms with E-state index in [9.17, 15) is 4.79 Å². The van der Waals surface area contributed by atoms with E-state index in [4.69, 9.17) is 10.00 Å². The molecular weight excluding hydrogens is 288 g/mol. The van der Waals surface area contributed by atoms with Crippen LogP contribution in [0.3, 0.4) is 0 Å². The topological polar surface area (TPSA) is 53.3 Å². The molecule has 4 heteroatoms. The molecule has 1 amide bonds. The second kappa shape index (κ2) is 6.37. The molecular formula is C19H16N2O2. The predicted molar refractivity (Wildman–Crippen MR) is 87.5 cm³/mol. The van der Waals surface area contributed by atoms with Crippen LogP contribution in [0.1, 0.15) is 16.7 Å². The van der Waals surface area contributed by atoms with E-state index in [1.165, 1.54) is 0 Å². The summed E-state index contributed by atoms with van der Waals surface area (Å²) in [5.41, 5.74) is 3.16. The summed E-state index contributed by atoms with van der Waals surface area (Å²) in [5, 5.41) is 8.81. The van der Waals surface area contributed by atoms with Gasteiger partial charge in [-0.05, 0) is 29.8 Å². The largest absolute Gasteiger partial charge is 0.488 e. The Morgan fingerprint density at radius 2 is 1.96 bits per heavy atom. The third kappa shape index (κ3) is 3.24. The first-order chi connectivity index (χ1) is 11.2. The molecule has 2 aromatic carbocycles. The number of fused-ring (bicyclic) bond motifs is 1. The Labute approximate surface area is 135 Å². The lowest BCUT2D eigenvalue weighted by Gasteiger charge is -2.22. The zero-order valence-electron chi connectivity index (χ0n) is 12.8. The number of nitriles is 1. The third-order valence-corrected chi connectivity index (χ3v) is 3.76. The fraction of sp³-hybridized carbons (Fsp3) is 0.158. The minimum absolute atomic E-state index is 0.0520. The van der Waals surface area contributed by atoms with Crippen LogP contribution in [0.2, 0.25) is 0 Å². The van der Waals surface area contributed by atoms with Crippen LogP contribution in [0, 0.1) is 11.3 Å². The van der Waals surface area contributed by atoms with Crippen molar-refractivity contribution in [2.75, 3.05) is 13.7 Å². The van der Waals surface area contributed by atoms with Crippen molar-refractivity contribution in [2.24, 2.45) is 0 Å². The number of likely N-dealkylation sites (N-methyl/N-ethyl adjacent to an activating group) is 1. The first-order valence-corrected chi connectivity index (χ1v) is 7.34. The standard InChI is InChI=1S/C19H16N2O2/c1-21(12-15-8-6-14(11-20)7-9-15)19(22)17-10-16-4-2-3-5-18(16)23-13-17/h2-10H,12-13H2,1H3. The van der Waals surface area contributed by atoms with Crippen LogP contribution in [0.25, 0.3) is 6.08 Å². The van der Waals surface area contributed by atoms with E-state index < -0.39 is 0 Å². The van der Waals surface area contributed by atoms with Crippen LogP contribution in [0.15, 0.2) is 54.1 Å². The lowest BCUT2D eigenvalue weighted by atomic mass is 10.1. The molecule has 0 atom stereocenters. The van der Waals surface area contributed by atoms with Crippen molar-refractivity contribution in [3.8, 4) is 11.8 Å². The second-order valence-corrected chi connectivity index (χ2v) is 5.47. The summed E-state index contributed by atoms with van der Waals surface area (Å²) >= 11 is 0. The van der Waals surface area contributed by atoms with E-state index in [1.54, 1.807) is 24.1 Å². The average Bonchev–Trinajstić information content (AvgIpc) is 2.61. The van der Waals surface area contributed by atoms with Crippen LogP contribution in [-0.4, -0.2) is 24.5 Å². The summed E-state index contributed by atoms with van der Waals surface area (Å²) in [4.78, 5) is 14.2. The molecule has 1 heterocycles. The maximum absolute atomic E-state index is 12.6. The first-order valence-electron chi connectivity index (χ1n) is 7.34. The van der Waals surface area contributed by atoms with Gasteiger partial charge in [0.2, 0.25) is 0 Å². The quantitative estimate of drug-likeness (QED) is 0.876. The van der Waals surface area contributed by atoms with Crippen LogP contribution in [0.5, 0.6) is 5.75 Å². The molecule has 0 radical (unpaired) electrons. The highest BCUT2D eigenvalue weighted by atomic mass is 16.5. The summed E-state index contributed by atoms with van der Waals surface area (Å²) < 4.78 is 5.64. The van der Waals surface area contributed by atoms with Crippen molar-refractivity contribution in [1.29, 1.82) is 5.26 Å². The monoisotopic (exact) mass is 304 g/mol. The number of amides is 1. The molecule has 23 heavy (non-hydrogen) atoms. The Morgan fingerprint density at radius 3 is 2.70 bits per heavy atom. The van der Waals surface area contributed by atoms with Crippen molar-refractivity contribution in [2.45, 2.75) is 6.54 Å². The highest BCUT2D eigenvalue weighted by molar-refractivity contribution is 5.99. The van der Waals surface area contributed by atoms with Gasteiger partial charge in [-0.1, -0.05) is 30.3 Å². The molecule has 1 aliphatic rings. The molecule has 0 unspecified atom stereocenters. The van der Waals surface area contributed by atoms with Crippen LogP contribution in [0.4, 0.5) is 0 Å². The van der Waals surface area contributed by atoms with Gasteiger partial charge in [-0.2, -0.15) is 5.26 Å². The zero-order valence-corrected chi connectivity index (χ0v) is 12.8. The van der Waals surface area contributed by atoms with Gasteiger partial charge in [0.1, 0.15) is 12.4 Å². The number of benzene rings is 2. The fourth-order valence-electron chi connectivity index (χ4n) is 2.52. The minimum atomic E-state index is -0.0520. The van der Waals surface area contributed by atoms with E-state index in [0.29, 0.717) is 17.7 Å². The van der Waals surface area contributed by atoms with Gasteiger partial charge >= 0.3 is 0 Å². The SMILES string of the molecule is CN(Cc1ccc(C#N)cc1)C(=O)C1=Cc2ccccc2OC1. The zero-order chi connectivity index (χ0) is 16.2. The average molecular weight is 304 g/mol. The molecule has 0 saturated heterocycles. The predicted octanol–water partition coefficient (Wildman–Crippen LogP) is 2.99.